The van der Waals surface area contributed by atoms with Gasteiger partial charge in [-0.2, -0.15) is 0 Å². The molecule has 4 rings (SSSR count). The predicted octanol–water partition coefficient (Wildman–Crippen LogP) is 4.46. The molecule has 1 saturated carbocycles. The normalized spacial score (nSPS) is 22.5. The number of hydrogen-bond acceptors (Lipinski definition) is 4. The average Bonchev–Trinajstić information content (AvgIpc) is 3.10. The van der Waals surface area contributed by atoms with Gasteiger partial charge in [0, 0.05) is 30.6 Å². The van der Waals surface area contributed by atoms with E-state index in [9.17, 15) is 0 Å². The lowest BCUT2D eigenvalue weighted by Crippen LogP contribution is -2.50. The molecule has 128 valence electrons. The van der Waals surface area contributed by atoms with Crippen LogP contribution in [0, 0.1) is 0 Å². The summed E-state index contributed by atoms with van der Waals surface area (Å²) in [6, 6.07) is 17.5. The van der Waals surface area contributed by atoms with Crippen molar-refractivity contribution >= 4 is 11.3 Å². The summed E-state index contributed by atoms with van der Waals surface area (Å²) in [5, 5.41) is 6.98. The smallest absolute Gasteiger partial charge is 0.0998 e. The highest BCUT2D eigenvalue weighted by Crippen LogP contribution is 2.43. The van der Waals surface area contributed by atoms with Crippen molar-refractivity contribution in [2.45, 2.75) is 37.6 Å². The number of hydrogen-bond donors (Lipinski definition) is 1. The van der Waals surface area contributed by atoms with E-state index in [1.165, 1.54) is 23.4 Å². The molecule has 0 atom stereocenters. The number of aromatic nitrogens is 2. The van der Waals surface area contributed by atoms with E-state index >= 15 is 0 Å². The Balaban J connectivity index is 1.25. The van der Waals surface area contributed by atoms with E-state index < -0.39 is 0 Å². The van der Waals surface area contributed by atoms with Gasteiger partial charge in [0.15, 0.2) is 0 Å². The van der Waals surface area contributed by atoms with E-state index in [0.717, 1.165) is 24.4 Å². The molecule has 1 N–H and O–H groups in total. The largest absolute Gasteiger partial charge is 0.313 e. The molecule has 1 aliphatic carbocycles. The molecule has 4 heteroatoms. The van der Waals surface area contributed by atoms with Crippen LogP contribution in [0.5, 0.6) is 0 Å². The van der Waals surface area contributed by atoms with Crippen LogP contribution in [-0.4, -0.2) is 22.6 Å². The Kier molecular flexibility index (Phi) is 4.64. The molecule has 0 unspecified atom stereocenters. The van der Waals surface area contributed by atoms with Gasteiger partial charge < -0.3 is 5.32 Å². The molecule has 0 amide bonds. The minimum absolute atomic E-state index is 0.340. The minimum atomic E-state index is 0.340. The first-order valence-corrected chi connectivity index (χ1v) is 9.76. The van der Waals surface area contributed by atoms with Crippen molar-refractivity contribution in [1.29, 1.82) is 0 Å². The molecule has 0 bridgehead atoms. The Morgan fingerprint density at radius 2 is 1.88 bits per heavy atom. The maximum Gasteiger partial charge on any atom is 0.0998 e. The van der Waals surface area contributed by atoms with Crippen LogP contribution in [0.15, 0.2) is 60.1 Å². The van der Waals surface area contributed by atoms with Gasteiger partial charge in [0.1, 0.15) is 0 Å². The van der Waals surface area contributed by atoms with Crippen molar-refractivity contribution in [3.05, 3.63) is 70.7 Å². The maximum atomic E-state index is 4.71. The van der Waals surface area contributed by atoms with Crippen LogP contribution in [0.25, 0.3) is 11.4 Å². The third-order valence-electron chi connectivity index (χ3n) is 5.12. The molecule has 25 heavy (non-hydrogen) atoms. The van der Waals surface area contributed by atoms with E-state index in [0.29, 0.717) is 11.5 Å². The van der Waals surface area contributed by atoms with Gasteiger partial charge in [-0.1, -0.05) is 43.3 Å². The molecule has 1 fully saturated rings. The van der Waals surface area contributed by atoms with Crippen LogP contribution in [0.4, 0.5) is 0 Å². The predicted molar refractivity (Wildman–Crippen MR) is 104 cm³/mol. The summed E-state index contributed by atoms with van der Waals surface area (Å²) in [6.07, 6.45) is 5.23. The Hall–Kier alpha value is -2.04. The first kappa shape index (κ1) is 16.4. The maximum absolute atomic E-state index is 4.71. The van der Waals surface area contributed by atoms with E-state index in [1.807, 2.05) is 24.4 Å². The number of thiazole rings is 1. The van der Waals surface area contributed by atoms with Gasteiger partial charge in [0.2, 0.25) is 0 Å². The fraction of sp³-hybridized carbons (Fsp3) is 0.333. The molecule has 0 aliphatic heterocycles. The first-order valence-electron chi connectivity index (χ1n) is 8.88. The molecule has 0 saturated heterocycles. The second kappa shape index (κ2) is 7.06. The van der Waals surface area contributed by atoms with Crippen LogP contribution >= 0.6 is 11.3 Å². The second-order valence-corrected chi connectivity index (χ2v) is 8.02. The highest BCUT2D eigenvalue weighted by molar-refractivity contribution is 7.09. The summed E-state index contributed by atoms with van der Waals surface area (Å²) in [7, 11) is 0. The molecule has 1 aliphatic rings. The van der Waals surface area contributed by atoms with Crippen molar-refractivity contribution in [2.75, 3.05) is 6.54 Å². The quantitative estimate of drug-likeness (QED) is 0.714. The van der Waals surface area contributed by atoms with Gasteiger partial charge in [-0.25, -0.2) is 4.98 Å². The summed E-state index contributed by atoms with van der Waals surface area (Å²) < 4.78 is 0. The number of rotatable bonds is 6. The molecule has 3 nitrogen and oxygen atoms in total. The molecule has 1 aromatic carbocycles. The number of nitrogens with zero attached hydrogens (tertiary/aromatic N) is 2. The minimum Gasteiger partial charge on any atom is -0.313 e. The molecular formula is C21H23N3S. The van der Waals surface area contributed by atoms with Crippen LogP contribution in [0.1, 0.15) is 30.3 Å². The average molecular weight is 350 g/mol. The zero-order valence-electron chi connectivity index (χ0n) is 14.5. The van der Waals surface area contributed by atoms with Crippen LogP contribution < -0.4 is 5.32 Å². The lowest BCUT2D eigenvalue weighted by atomic mass is 9.63. The zero-order chi connectivity index (χ0) is 17.1. The van der Waals surface area contributed by atoms with Gasteiger partial charge in [0.25, 0.3) is 0 Å². The number of pyridine rings is 1. The monoisotopic (exact) mass is 349 g/mol. The van der Waals surface area contributed by atoms with E-state index in [4.69, 9.17) is 4.98 Å². The molecule has 0 radical (unpaired) electrons. The van der Waals surface area contributed by atoms with Crippen LogP contribution in [0.3, 0.4) is 0 Å². The van der Waals surface area contributed by atoms with Gasteiger partial charge in [-0.3, -0.25) is 4.98 Å². The summed E-state index contributed by atoms with van der Waals surface area (Å²) in [4.78, 5) is 9.08. The van der Waals surface area contributed by atoms with Crippen molar-refractivity contribution in [2.24, 2.45) is 0 Å². The molecule has 0 spiro atoms. The van der Waals surface area contributed by atoms with Gasteiger partial charge in [-0.15, -0.1) is 11.3 Å². The molecule has 3 aromatic rings. The van der Waals surface area contributed by atoms with E-state index in [1.54, 1.807) is 11.3 Å². The lowest BCUT2D eigenvalue weighted by molar-refractivity contribution is 0.191. The summed E-state index contributed by atoms with van der Waals surface area (Å²) in [5.41, 5.74) is 3.75. The number of nitrogens with one attached hydrogen (secondary N) is 1. The Labute approximate surface area is 153 Å². The van der Waals surface area contributed by atoms with Gasteiger partial charge in [0.05, 0.1) is 16.4 Å². The second-order valence-electron chi connectivity index (χ2n) is 7.08. The molecular weight excluding hydrogens is 326 g/mol. The Morgan fingerprint density at radius 1 is 1.08 bits per heavy atom. The summed E-state index contributed by atoms with van der Waals surface area (Å²) >= 11 is 1.73. The zero-order valence-corrected chi connectivity index (χ0v) is 15.3. The summed E-state index contributed by atoms with van der Waals surface area (Å²) in [5.74, 6) is 0. The SMILES string of the molecule is CC1(c2ccccc2)CC(NCCc2nc(-c3ccccn3)cs2)C1. The third-order valence-corrected chi connectivity index (χ3v) is 6.02. The highest BCUT2D eigenvalue weighted by Gasteiger charge is 2.40. The van der Waals surface area contributed by atoms with Gasteiger partial charge in [-0.05, 0) is 36.0 Å². The molecule has 2 aromatic heterocycles. The lowest BCUT2D eigenvalue weighted by Gasteiger charge is -2.46. The topological polar surface area (TPSA) is 37.8 Å². The van der Waals surface area contributed by atoms with E-state index in [-0.39, 0.29) is 0 Å². The Morgan fingerprint density at radius 3 is 2.64 bits per heavy atom. The van der Waals surface area contributed by atoms with Crippen molar-refractivity contribution in [3.8, 4) is 11.4 Å². The van der Waals surface area contributed by atoms with Crippen LogP contribution in [0.2, 0.25) is 0 Å². The Bertz CT molecular complexity index is 807. The fourth-order valence-corrected chi connectivity index (χ4v) is 4.48. The third kappa shape index (κ3) is 3.65. The van der Waals surface area contributed by atoms with E-state index in [2.05, 4.69) is 52.9 Å². The van der Waals surface area contributed by atoms with Crippen molar-refractivity contribution < 1.29 is 0 Å². The molecule has 2 heterocycles. The summed E-state index contributed by atoms with van der Waals surface area (Å²) in [6.45, 7) is 3.37. The number of benzene rings is 1. The van der Waals surface area contributed by atoms with Crippen molar-refractivity contribution in [3.63, 3.8) is 0 Å². The fourth-order valence-electron chi connectivity index (χ4n) is 3.69. The van der Waals surface area contributed by atoms with Gasteiger partial charge >= 0.3 is 0 Å². The first-order chi connectivity index (χ1) is 12.2. The van der Waals surface area contributed by atoms with Crippen LogP contribution in [-0.2, 0) is 11.8 Å². The standard InChI is InChI=1S/C21H23N3S/c1-21(16-7-3-2-4-8-16)13-17(14-21)22-12-10-20-24-19(15-25-20)18-9-5-6-11-23-18/h2-9,11,15,17,22H,10,12-14H2,1H3. The highest BCUT2D eigenvalue weighted by atomic mass is 32.1. The van der Waals surface area contributed by atoms with Crippen molar-refractivity contribution in [1.82, 2.24) is 15.3 Å².